The summed E-state index contributed by atoms with van der Waals surface area (Å²) in [7, 11) is 1.86. The number of pyridine rings is 1. The van der Waals surface area contributed by atoms with E-state index in [2.05, 4.69) is 10.3 Å². The molecular formula is C16H18F2N2. The van der Waals surface area contributed by atoms with Crippen molar-refractivity contribution in [3.8, 4) is 0 Å². The maximum absolute atomic E-state index is 13.2. The number of hydrogen-bond donors (Lipinski definition) is 1. The van der Waals surface area contributed by atoms with Gasteiger partial charge in [-0.05, 0) is 55.6 Å². The van der Waals surface area contributed by atoms with Crippen LogP contribution in [0.4, 0.5) is 8.78 Å². The second-order valence-electron chi connectivity index (χ2n) is 4.87. The molecule has 1 atom stereocenters. The second kappa shape index (κ2) is 7.10. The molecule has 0 bridgehead atoms. The van der Waals surface area contributed by atoms with Crippen LogP contribution >= 0.6 is 0 Å². The molecule has 0 aliphatic rings. The average Bonchev–Trinajstić information content (AvgIpc) is 2.43. The predicted octanol–water partition coefficient (Wildman–Crippen LogP) is 3.12. The fourth-order valence-electron chi connectivity index (χ4n) is 2.25. The van der Waals surface area contributed by atoms with Gasteiger partial charge >= 0.3 is 0 Å². The van der Waals surface area contributed by atoms with Crippen LogP contribution in [0.15, 0.2) is 42.7 Å². The molecule has 1 unspecified atom stereocenters. The van der Waals surface area contributed by atoms with Crippen molar-refractivity contribution in [3.63, 3.8) is 0 Å². The number of nitrogens with zero attached hydrogens (tertiary/aromatic N) is 1. The molecular weight excluding hydrogens is 258 g/mol. The molecule has 106 valence electrons. The third kappa shape index (κ3) is 4.38. The first-order valence-electron chi connectivity index (χ1n) is 6.68. The number of aryl methyl sites for hydroxylation is 1. The molecule has 0 spiro atoms. The molecule has 0 aliphatic heterocycles. The minimum atomic E-state index is -0.526. The Bertz CT molecular complexity index is 523. The topological polar surface area (TPSA) is 24.9 Å². The minimum absolute atomic E-state index is 0.177. The van der Waals surface area contributed by atoms with Crippen molar-refractivity contribution in [2.45, 2.75) is 25.3 Å². The number of halogens is 2. The summed E-state index contributed by atoms with van der Waals surface area (Å²) in [5.74, 6) is -1.05. The van der Waals surface area contributed by atoms with Crippen LogP contribution in [0.1, 0.15) is 17.5 Å². The van der Waals surface area contributed by atoms with Gasteiger partial charge < -0.3 is 5.32 Å². The highest BCUT2D eigenvalue weighted by Crippen LogP contribution is 2.13. The summed E-state index contributed by atoms with van der Waals surface area (Å²) >= 11 is 0. The lowest BCUT2D eigenvalue weighted by atomic mass is 9.99. The lowest BCUT2D eigenvalue weighted by Crippen LogP contribution is -2.28. The first-order valence-corrected chi connectivity index (χ1v) is 6.68. The molecule has 1 N–H and O–H groups in total. The summed E-state index contributed by atoms with van der Waals surface area (Å²) < 4.78 is 26.3. The van der Waals surface area contributed by atoms with E-state index in [1.54, 1.807) is 6.20 Å². The lowest BCUT2D eigenvalue weighted by molar-refractivity contribution is 0.514. The Morgan fingerprint density at radius 2 is 1.90 bits per heavy atom. The highest BCUT2D eigenvalue weighted by Gasteiger charge is 2.09. The van der Waals surface area contributed by atoms with Gasteiger partial charge in [0.05, 0.1) is 0 Å². The molecule has 20 heavy (non-hydrogen) atoms. The monoisotopic (exact) mass is 276 g/mol. The zero-order valence-electron chi connectivity index (χ0n) is 11.4. The smallest absolute Gasteiger partial charge is 0.126 e. The van der Waals surface area contributed by atoms with Gasteiger partial charge in [0.2, 0.25) is 0 Å². The fourth-order valence-corrected chi connectivity index (χ4v) is 2.25. The Morgan fingerprint density at radius 3 is 2.50 bits per heavy atom. The van der Waals surface area contributed by atoms with Crippen molar-refractivity contribution in [1.82, 2.24) is 10.3 Å². The third-order valence-electron chi connectivity index (χ3n) is 3.32. The van der Waals surface area contributed by atoms with Crippen molar-refractivity contribution in [3.05, 3.63) is 65.5 Å². The van der Waals surface area contributed by atoms with Crippen LogP contribution in [-0.4, -0.2) is 18.1 Å². The SMILES string of the molecule is CNC(CCc1cccnc1)Cc1cc(F)cc(F)c1. The highest BCUT2D eigenvalue weighted by molar-refractivity contribution is 5.19. The molecule has 1 aromatic heterocycles. The summed E-state index contributed by atoms with van der Waals surface area (Å²) in [4.78, 5) is 4.08. The van der Waals surface area contributed by atoms with E-state index in [-0.39, 0.29) is 6.04 Å². The first kappa shape index (κ1) is 14.6. The van der Waals surface area contributed by atoms with Gasteiger partial charge in [-0.15, -0.1) is 0 Å². The lowest BCUT2D eigenvalue weighted by Gasteiger charge is -2.16. The Labute approximate surface area is 117 Å². The maximum Gasteiger partial charge on any atom is 0.126 e. The van der Waals surface area contributed by atoms with E-state index in [1.165, 1.54) is 12.1 Å². The Hall–Kier alpha value is -1.81. The molecule has 4 heteroatoms. The summed E-state index contributed by atoms with van der Waals surface area (Å²) in [6.07, 6.45) is 5.96. The minimum Gasteiger partial charge on any atom is -0.317 e. The third-order valence-corrected chi connectivity index (χ3v) is 3.32. The van der Waals surface area contributed by atoms with Gasteiger partial charge in [0.15, 0.2) is 0 Å². The van der Waals surface area contributed by atoms with Crippen molar-refractivity contribution < 1.29 is 8.78 Å². The van der Waals surface area contributed by atoms with E-state index in [0.29, 0.717) is 12.0 Å². The molecule has 2 aromatic rings. The molecule has 2 nitrogen and oxygen atoms in total. The van der Waals surface area contributed by atoms with Gasteiger partial charge in [-0.2, -0.15) is 0 Å². The van der Waals surface area contributed by atoms with Crippen LogP contribution in [0.3, 0.4) is 0 Å². The van der Waals surface area contributed by atoms with Gasteiger partial charge in [-0.25, -0.2) is 8.78 Å². The van der Waals surface area contributed by atoms with Crippen LogP contribution in [0.25, 0.3) is 0 Å². The molecule has 2 rings (SSSR count). The van der Waals surface area contributed by atoms with Crippen molar-refractivity contribution in [2.24, 2.45) is 0 Å². The Kier molecular flexibility index (Phi) is 5.18. The molecule has 1 aromatic carbocycles. The van der Waals surface area contributed by atoms with Crippen LogP contribution in [0.5, 0.6) is 0 Å². The molecule has 0 amide bonds. The molecule has 0 radical (unpaired) electrons. The van der Waals surface area contributed by atoms with E-state index < -0.39 is 11.6 Å². The van der Waals surface area contributed by atoms with Crippen LogP contribution in [-0.2, 0) is 12.8 Å². The summed E-state index contributed by atoms with van der Waals surface area (Å²) in [5, 5.41) is 3.19. The first-order chi connectivity index (χ1) is 9.67. The quantitative estimate of drug-likeness (QED) is 0.877. The molecule has 0 saturated carbocycles. The van der Waals surface area contributed by atoms with Crippen LogP contribution in [0, 0.1) is 11.6 Å². The average molecular weight is 276 g/mol. The highest BCUT2D eigenvalue weighted by atomic mass is 19.1. The van der Waals surface area contributed by atoms with E-state index >= 15 is 0 Å². The predicted molar refractivity (Wildman–Crippen MR) is 75.5 cm³/mol. The number of aromatic nitrogens is 1. The van der Waals surface area contributed by atoms with Crippen molar-refractivity contribution in [1.29, 1.82) is 0 Å². The van der Waals surface area contributed by atoms with E-state index in [0.717, 1.165) is 24.5 Å². The zero-order valence-corrected chi connectivity index (χ0v) is 11.4. The van der Waals surface area contributed by atoms with Gasteiger partial charge in [-0.1, -0.05) is 6.07 Å². The summed E-state index contributed by atoms with van der Waals surface area (Å²) in [6, 6.07) is 7.78. The number of benzene rings is 1. The Morgan fingerprint density at radius 1 is 1.15 bits per heavy atom. The van der Waals surface area contributed by atoms with E-state index in [9.17, 15) is 8.78 Å². The molecule has 0 saturated heterocycles. The number of likely N-dealkylation sites (N-methyl/N-ethyl adjacent to an activating group) is 1. The van der Waals surface area contributed by atoms with Crippen LogP contribution in [0.2, 0.25) is 0 Å². The number of nitrogens with one attached hydrogen (secondary N) is 1. The van der Waals surface area contributed by atoms with Gasteiger partial charge in [-0.3, -0.25) is 4.98 Å². The zero-order chi connectivity index (χ0) is 14.4. The standard InChI is InChI=1S/C16H18F2N2/c1-19-16(5-4-12-3-2-6-20-11-12)9-13-7-14(17)10-15(18)8-13/h2-3,6-8,10-11,16,19H,4-5,9H2,1H3. The molecule has 0 fully saturated rings. The molecule has 0 aliphatic carbocycles. The Balaban J connectivity index is 1.95. The van der Waals surface area contributed by atoms with Crippen molar-refractivity contribution >= 4 is 0 Å². The van der Waals surface area contributed by atoms with Gasteiger partial charge in [0, 0.05) is 24.5 Å². The van der Waals surface area contributed by atoms with Gasteiger partial charge in [0.1, 0.15) is 11.6 Å². The normalized spacial score (nSPS) is 12.3. The number of hydrogen-bond acceptors (Lipinski definition) is 2. The van der Waals surface area contributed by atoms with Gasteiger partial charge in [0.25, 0.3) is 0 Å². The van der Waals surface area contributed by atoms with E-state index in [1.807, 2.05) is 25.4 Å². The largest absolute Gasteiger partial charge is 0.317 e. The van der Waals surface area contributed by atoms with Crippen molar-refractivity contribution in [2.75, 3.05) is 7.05 Å². The summed E-state index contributed by atoms with van der Waals surface area (Å²) in [6.45, 7) is 0. The fraction of sp³-hybridized carbons (Fsp3) is 0.312. The van der Waals surface area contributed by atoms with Crippen LogP contribution < -0.4 is 5.32 Å². The summed E-state index contributed by atoms with van der Waals surface area (Å²) in [5.41, 5.74) is 1.84. The second-order valence-corrected chi connectivity index (χ2v) is 4.87. The van der Waals surface area contributed by atoms with E-state index in [4.69, 9.17) is 0 Å². The number of rotatable bonds is 6. The molecule has 1 heterocycles. The maximum atomic E-state index is 13.2.